The number of nitrogens with zero attached hydrogens (tertiary/aromatic N) is 1. The van der Waals surface area contributed by atoms with Crippen LogP contribution in [0.3, 0.4) is 0 Å². The first-order chi connectivity index (χ1) is 6.70. The summed E-state index contributed by atoms with van der Waals surface area (Å²) in [6.45, 7) is 0. The third-order valence-electron chi connectivity index (χ3n) is 1.91. The molecule has 0 aliphatic rings. The Hall–Kier alpha value is -1.19. The number of benzene rings is 1. The summed E-state index contributed by atoms with van der Waals surface area (Å²) in [5.74, 6) is 0.481. The second-order valence-electron chi connectivity index (χ2n) is 2.80. The van der Waals surface area contributed by atoms with Crippen LogP contribution < -0.4 is 5.73 Å². The van der Waals surface area contributed by atoms with Crippen molar-refractivity contribution in [2.75, 3.05) is 5.73 Å². The maximum Gasteiger partial charge on any atom is 0.126 e. The highest BCUT2D eigenvalue weighted by atomic mass is 35.5. The van der Waals surface area contributed by atoms with Crippen LogP contribution in [-0.4, -0.2) is 10.2 Å². The molecule has 0 aliphatic carbocycles. The average Bonchev–Trinajstić information content (AvgIpc) is 2.57. The third kappa shape index (κ3) is 1.45. The summed E-state index contributed by atoms with van der Waals surface area (Å²) in [5.41, 5.74) is 7.22. The fraction of sp³-hybridized carbons (Fsp3) is 0. The van der Waals surface area contributed by atoms with Gasteiger partial charge in [-0.3, -0.25) is 5.10 Å². The Labute approximate surface area is 90.8 Å². The monoisotopic (exact) mass is 227 g/mol. The minimum absolute atomic E-state index is 0.481. The standard InChI is InChI=1S/C9H7Cl2N3/c10-7-3-1-2-5(8(7)11)6-4-13-14-9(6)12/h1-4H,(H3,12,13,14). The predicted molar refractivity (Wildman–Crippen MR) is 58.5 cm³/mol. The van der Waals surface area contributed by atoms with Gasteiger partial charge in [-0.25, -0.2) is 0 Å². The van der Waals surface area contributed by atoms with Crippen molar-refractivity contribution >= 4 is 29.0 Å². The van der Waals surface area contributed by atoms with E-state index >= 15 is 0 Å². The second kappa shape index (κ2) is 3.52. The topological polar surface area (TPSA) is 54.7 Å². The van der Waals surface area contributed by atoms with Gasteiger partial charge >= 0.3 is 0 Å². The van der Waals surface area contributed by atoms with Gasteiger partial charge in [0.15, 0.2) is 0 Å². The van der Waals surface area contributed by atoms with Crippen molar-refractivity contribution in [1.82, 2.24) is 10.2 Å². The molecule has 0 atom stereocenters. The molecular weight excluding hydrogens is 221 g/mol. The number of nitrogen functional groups attached to an aromatic ring is 1. The van der Waals surface area contributed by atoms with E-state index in [1.54, 1.807) is 12.3 Å². The van der Waals surface area contributed by atoms with Crippen LogP contribution in [0.1, 0.15) is 0 Å². The molecule has 1 aromatic carbocycles. The number of hydrogen-bond acceptors (Lipinski definition) is 2. The molecule has 0 spiro atoms. The first-order valence-corrected chi connectivity index (χ1v) is 4.69. The highest BCUT2D eigenvalue weighted by molar-refractivity contribution is 6.43. The van der Waals surface area contributed by atoms with Gasteiger partial charge < -0.3 is 5.73 Å². The highest BCUT2D eigenvalue weighted by Crippen LogP contribution is 2.35. The van der Waals surface area contributed by atoms with Gasteiger partial charge in [0.25, 0.3) is 0 Å². The molecule has 1 heterocycles. The molecule has 14 heavy (non-hydrogen) atoms. The zero-order chi connectivity index (χ0) is 10.1. The van der Waals surface area contributed by atoms with Crippen LogP contribution in [0.25, 0.3) is 11.1 Å². The zero-order valence-electron chi connectivity index (χ0n) is 7.09. The average molecular weight is 228 g/mol. The molecular formula is C9H7Cl2N3. The summed E-state index contributed by atoms with van der Waals surface area (Å²) in [7, 11) is 0. The van der Waals surface area contributed by atoms with Crippen LogP contribution in [0.5, 0.6) is 0 Å². The van der Waals surface area contributed by atoms with Crippen LogP contribution in [0, 0.1) is 0 Å². The molecule has 72 valence electrons. The van der Waals surface area contributed by atoms with Crippen molar-refractivity contribution in [3.63, 3.8) is 0 Å². The van der Waals surface area contributed by atoms with Gasteiger partial charge in [-0.15, -0.1) is 0 Å². The Bertz CT molecular complexity index is 465. The van der Waals surface area contributed by atoms with Crippen molar-refractivity contribution in [2.24, 2.45) is 0 Å². The van der Waals surface area contributed by atoms with E-state index in [9.17, 15) is 0 Å². The van der Waals surface area contributed by atoms with E-state index < -0.39 is 0 Å². The number of H-pyrrole nitrogens is 1. The minimum Gasteiger partial charge on any atom is -0.384 e. The lowest BCUT2D eigenvalue weighted by molar-refractivity contribution is 1.10. The molecule has 2 aromatic rings. The van der Waals surface area contributed by atoms with Crippen LogP contribution in [0.2, 0.25) is 10.0 Å². The number of hydrogen-bond donors (Lipinski definition) is 2. The lowest BCUT2D eigenvalue weighted by Crippen LogP contribution is -1.88. The van der Waals surface area contributed by atoms with E-state index in [0.717, 1.165) is 11.1 Å². The molecule has 5 heteroatoms. The number of nitrogens with one attached hydrogen (secondary N) is 1. The summed E-state index contributed by atoms with van der Waals surface area (Å²) in [6.07, 6.45) is 1.62. The smallest absolute Gasteiger partial charge is 0.126 e. The van der Waals surface area contributed by atoms with Gasteiger partial charge in [0.2, 0.25) is 0 Å². The number of rotatable bonds is 1. The van der Waals surface area contributed by atoms with E-state index in [2.05, 4.69) is 10.2 Å². The van der Waals surface area contributed by atoms with Gasteiger partial charge in [0.1, 0.15) is 5.82 Å². The number of halogens is 2. The van der Waals surface area contributed by atoms with Crippen molar-refractivity contribution in [3.05, 3.63) is 34.4 Å². The van der Waals surface area contributed by atoms with Gasteiger partial charge in [-0.1, -0.05) is 35.3 Å². The van der Waals surface area contributed by atoms with E-state index in [-0.39, 0.29) is 0 Å². The quantitative estimate of drug-likeness (QED) is 0.788. The molecule has 0 saturated carbocycles. The van der Waals surface area contributed by atoms with Crippen LogP contribution in [-0.2, 0) is 0 Å². The Morgan fingerprint density at radius 2 is 2.00 bits per heavy atom. The Morgan fingerprint density at radius 1 is 1.21 bits per heavy atom. The number of anilines is 1. The second-order valence-corrected chi connectivity index (χ2v) is 3.58. The summed E-state index contributed by atoms with van der Waals surface area (Å²) >= 11 is 11.9. The highest BCUT2D eigenvalue weighted by Gasteiger charge is 2.10. The third-order valence-corrected chi connectivity index (χ3v) is 2.73. The number of aromatic amines is 1. The maximum absolute atomic E-state index is 6.03. The van der Waals surface area contributed by atoms with Crippen LogP contribution in [0.4, 0.5) is 5.82 Å². The molecule has 2 rings (SSSR count). The molecule has 0 amide bonds. The van der Waals surface area contributed by atoms with E-state index in [1.807, 2.05) is 12.1 Å². The molecule has 1 aromatic heterocycles. The van der Waals surface area contributed by atoms with Gasteiger partial charge in [0.05, 0.1) is 16.2 Å². The molecule has 0 bridgehead atoms. The van der Waals surface area contributed by atoms with Crippen molar-refractivity contribution in [3.8, 4) is 11.1 Å². The maximum atomic E-state index is 6.03. The van der Waals surface area contributed by atoms with Gasteiger partial charge in [-0.05, 0) is 6.07 Å². The lowest BCUT2D eigenvalue weighted by atomic mass is 10.1. The van der Waals surface area contributed by atoms with Crippen molar-refractivity contribution < 1.29 is 0 Å². The molecule has 0 radical (unpaired) electrons. The first-order valence-electron chi connectivity index (χ1n) is 3.93. The zero-order valence-corrected chi connectivity index (χ0v) is 8.60. The van der Waals surface area contributed by atoms with Crippen LogP contribution in [0.15, 0.2) is 24.4 Å². The summed E-state index contributed by atoms with van der Waals surface area (Å²) in [6, 6.07) is 5.38. The minimum atomic E-state index is 0.481. The van der Waals surface area contributed by atoms with Crippen molar-refractivity contribution in [1.29, 1.82) is 0 Å². The van der Waals surface area contributed by atoms with E-state index in [0.29, 0.717) is 15.9 Å². The number of aromatic nitrogens is 2. The molecule has 0 unspecified atom stereocenters. The Kier molecular flexibility index (Phi) is 2.35. The molecule has 0 saturated heterocycles. The largest absolute Gasteiger partial charge is 0.384 e. The van der Waals surface area contributed by atoms with Gasteiger partial charge in [-0.2, -0.15) is 5.10 Å². The molecule has 0 fully saturated rings. The lowest BCUT2D eigenvalue weighted by Gasteiger charge is -2.03. The van der Waals surface area contributed by atoms with Crippen LogP contribution >= 0.6 is 23.2 Å². The molecule has 3 nitrogen and oxygen atoms in total. The van der Waals surface area contributed by atoms with E-state index in [1.165, 1.54) is 0 Å². The first kappa shape index (κ1) is 9.37. The summed E-state index contributed by atoms with van der Waals surface area (Å²) < 4.78 is 0. The Balaban J connectivity index is 2.63. The van der Waals surface area contributed by atoms with E-state index in [4.69, 9.17) is 28.9 Å². The summed E-state index contributed by atoms with van der Waals surface area (Å²) in [4.78, 5) is 0. The molecule has 0 aliphatic heterocycles. The number of nitrogens with two attached hydrogens (primary N) is 1. The fourth-order valence-corrected chi connectivity index (χ4v) is 1.62. The Morgan fingerprint density at radius 3 is 2.64 bits per heavy atom. The predicted octanol–water partition coefficient (Wildman–Crippen LogP) is 2.97. The summed E-state index contributed by atoms with van der Waals surface area (Å²) in [5, 5.41) is 7.45. The van der Waals surface area contributed by atoms with Crippen molar-refractivity contribution in [2.45, 2.75) is 0 Å². The fourth-order valence-electron chi connectivity index (χ4n) is 1.22. The molecule has 3 N–H and O–H groups in total. The van der Waals surface area contributed by atoms with Gasteiger partial charge in [0, 0.05) is 11.1 Å². The normalized spacial score (nSPS) is 10.4. The SMILES string of the molecule is Nc1[nH]ncc1-c1cccc(Cl)c1Cl.